The molecule has 0 bridgehead atoms. The van der Waals surface area contributed by atoms with E-state index in [-0.39, 0.29) is 37.7 Å². The molecule has 0 atom stereocenters. The van der Waals surface area contributed by atoms with Crippen LogP contribution in [-0.4, -0.2) is 43.9 Å². The van der Waals surface area contributed by atoms with Crippen LogP contribution in [0.1, 0.15) is 0 Å². The van der Waals surface area contributed by atoms with Crippen molar-refractivity contribution in [3.63, 3.8) is 0 Å². The van der Waals surface area contributed by atoms with Crippen molar-refractivity contribution in [2.24, 2.45) is 0 Å². The molecule has 0 unspecified atom stereocenters. The van der Waals surface area contributed by atoms with Crippen LogP contribution in [0.25, 0.3) is 0 Å². The molecule has 0 fully saturated rings. The predicted molar refractivity (Wildman–Crippen MR) is 26.3 cm³/mol. The SMILES string of the molecule is O=C([O-])[O-].[Ca+2].[S]=[W]=[S]. The summed E-state index contributed by atoms with van der Waals surface area (Å²) in [5.41, 5.74) is 0. The summed E-state index contributed by atoms with van der Waals surface area (Å²) in [5, 5.41) is 16.7. The van der Waals surface area contributed by atoms with Gasteiger partial charge in [0.15, 0.2) is 0 Å². The second-order valence-corrected chi connectivity index (χ2v) is 5.26. The Labute approximate surface area is 91.9 Å². The van der Waals surface area contributed by atoms with Gasteiger partial charge < -0.3 is 15.0 Å². The third-order valence-electron chi connectivity index (χ3n) is 0. The van der Waals surface area contributed by atoms with E-state index in [9.17, 15) is 0 Å². The van der Waals surface area contributed by atoms with Gasteiger partial charge in [-0.15, -0.1) is 0 Å². The minimum atomic E-state index is -2.33. The molecule has 0 aromatic rings. The first-order valence-electron chi connectivity index (χ1n) is 0.946. The van der Waals surface area contributed by atoms with Crippen LogP contribution in [0.3, 0.4) is 0 Å². The summed E-state index contributed by atoms with van der Waals surface area (Å²) in [5.74, 6) is 0. The number of carboxylic acid groups (broad SMARTS) is 2. The maximum absolute atomic E-state index is 8.33. The molecule has 0 aliphatic heterocycles. The number of rotatable bonds is 0. The first-order valence-corrected chi connectivity index (χ1v) is 8.80. The molecule has 0 aliphatic carbocycles. The molecule has 0 saturated carbocycles. The summed E-state index contributed by atoms with van der Waals surface area (Å²) in [6.07, 6.45) is -2.33. The van der Waals surface area contributed by atoms with Crippen molar-refractivity contribution >= 4 is 63.5 Å². The third-order valence-corrected chi connectivity index (χ3v) is 0. The van der Waals surface area contributed by atoms with Gasteiger partial charge in [0.05, 0.1) is 0 Å². The van der Waals surface area contributed by atoms with E-state index in [1.807, 2.05) is 0 Å². The standard InChI is InChI=1S/CH2O3.Ca.2S.W/c2-1(3)4;;;;/h(H2,2,3,4);;;;/q;+2;;;/p-2. The van der Waals surface area contributed by atoms with Gasteiger partial charge in [0, 0.05) is 0 Å². The van der Waals surface area contributed by atoms with Crippen molar-refractivity contribution in [2.45, 2.75) is 0 Å². The summed E-state index contributed by atoms with van der Waals surface area (Å²) >= 11 is -0.583. The van der Waals surface area contributed by atoms with Crippen molar-refractivity contribution in [3.8, 4) is 0 Å². The Morgan fingerprint density at radius 1 is 1.38 bits per heavy atom. The predicted octanol–water partition coefficient (Wildman–Crippen LogP) is -1.53. The van der Waals surface area contributed by atoms with Crippen molar-refractivity contribution in [3.05, 3.63) is 0 Å². The zero-order valence-corrected chi connectivity index (χ0v) is 10.4. The Kier molecular flexibility index (Phi) is 32.4. The molecule has 0 spiro atoms. The van der Waals surface area contributed by atoms with Crippen LogP contribution in [0, 0.1) is 0 Å². The van der Waals surface area contributed by atoms with E-state index in [1.54, 1.807) is 0 Å². The molecule has 0 radical (unpaired) electrons. The molecule has 42 valence electrons. The number of hydrogen-bond donors (Lipinski definition) is 0. The fourth-order valence-electron chi connectivity index (χ4n) is 0. The van der Waals surface area contributed by atoms with Gasteiger partial charge in [0.25, 0.3) is 0 Å². The molecule has 0 amide bonds. The first-order chi connectivity index (χ1) is 3.15. The molecule has 0 saturated heterocycles. The fraction of sp³-hybridized carbons (Fsp3) is 0. The number of carbonyl (C=O) groups excluding carboxylic acids is 1. The van der Waals surface area contributed by atoms with E-state index in [0.717, 1.165) is 0 Å². The molecule has 0 aliphatic rings. The third kappa shape index (κ3) is 123. The molecule has 0 aromatic heterocycles. The summed E-state index contributed by atoms with van der Waals surface area (Å²) in [6.45, 7) is 0. The van der Waals surface area contributed by atoms with Gasteiger partial charge in [-0.2, -0.15) is 0 Å². The van der Waals surface area contributed by atoms with Gasteiger partial charge in [-0.1, -0.05) is 0 Å². The van der Waals surface area contributed by atoms with Crippen LogP contribution >= 0.6 is 19.6 Å². The molecule has 0 heterocycles. The Hall–Kier alpha value is 1.66. The van der Waals surface area contributed by atoms with Crippen LogP contribution in [0.15, 0.2) is 0 Å². The number of hydrogen-bond acceptors (Lipinski definition) is 5. The second-order valence-electron chi connectivity index (χ2n) is 0.318. The van der Waals surface area contributed by atoms with Crippen molar-refractivity contribution in [2.75, 3.05) is 0 Å². The molecule has 0 rings (SSSR count). The van der Waals surface area contributed by atoms with E-state index in [1.165, 1.54) is 0 Å². The summed E-state index contributed by atoms with van der Waals surface area (Å²) in [4.78, 5) is 8.33. The van der Waals surface area contributed by atoms with E-state index < -0.39 is 21.1 Å². The van der Waals surface area contributed by atoms with Crippen LogP contribution in [0.2, 0.25) is 0 Å². The van der Waals surface area contributed by atoms with E-state index in [2.05, 4.69) is 19.6 Å². The average Bonchev–Trinajstić information content (AvgIpc) is 1.33. The van der Waals surface area contributed by atoms with Crippen LogP contribution < -0.4 is 10.2 Å². The zero-order chi connectivity index (χ0) is 6.28. The monoisotopic (exact) mass is 348 g/mol. The van der Waals surface area contributed by atoms with Gasteiger partial charge in [0.2, 0.25) is 0 Å². The van der Waals surface area contributed by atoms with Crippen molar-refractivity contribution in [1.82, 2.24) is 0 Å². The first kappa shape index (κ1) is 16.3. The van der Waals surface area contributed by atoms with Gasteiger partial charge in [-0.3, -0.25) is 0 Å². The summed E-state index contributed by atoms with van der Waals surface area (Å²) in [7, 11) is 8.75. The molecule has 3 nitrogen and oxygen atoms in total. The van der Waals surface area contributed by atoms with Gasteiger partial charge in [-0.25, -0.2) is 0 Å². The number of carbonyl (C=O) groups is 1. The topological polar surface area (TPSA) is 63.2 Å². The van der Waals surface area contributed by atoms with E-state index >= 15 is 0 Å². The zero-order valence-electron chi connectivity index (χ0n) is 3.66. The normalized spacial score (nSPS) is 4.50. The maximum atomic E-state index is 8.33. The van der Waals surface area contributed by atoms with Gasteiger partial charge >= 0.3 is 72.3 Å². The molecule has 0 aromatic carbocycles. The summed E-state index contributed by atoms with van der Waals surface area (Å²) < 4.78 is 0. The van der Waals surface area contributed by atoms with Crippen molar-refractivity contribution in [1.29, 1.82) is 0 Å². The Morgan fingerprint density at radius 2 is 1.38 bits per heavy atom. The summed E-state index contributed by atoms with van der Waals surface area (Å²) in [6, 6.07) is 0. The average molecular weight is 348 g/mol. The molecule has 0 N–H and O–H groups in total. The molecule has 7 heteroatoms. The molecule has 8 heavy (non-hydrogen) atoms. The van der Waals surface area contributed by atoms with E-state index in [0.29, 0.717) is 0 Å². The molecular weight excluding hydrogens is 348 g/mol. The molecular formula is CCaO3S2W. The van der Waals surface area contributed by atoms with Crippen LogP contribution in [0.4, 0.5) is 4.79 Å². The van der Waals surface area contributed by atoms with Crippen molar-refractivity contribution < 1.29 is 29.9 Å². The quantitative estimate of drug-likeness (QED) is 0.497. The van der Waals surface area contributed by atoms with Crippen LogP contribution in [0.5, 0.6) is 0 Å². The van der Waals surface area contributed by atoms with Gasteiger partial charge in [-0.05, 0) is 6.16 Å². The minimum absolute atomic E-state index is 0. The van der Waals surface area contributed by atoms with Gasteiger partial charge in [0.1, 0.15) is 0 Å². The fourth-order valence-corrected chi connectivity index (χ4v) is 0. The Balaban J connectivity index is -0.0000000575. The second kappa shape index (κ2) is 15.9. The van der Waals surface area contributed by atoms with Crippen LogP contribution in [-0.2, 0) is 14.9 Å². The Bertz CT molecular complexity index is 85.3. The van der Waals surface area contributed by atoms with E-state index in [4.69, 9.17) is 15.0 Å². The Morgan fingerprint density at radius 3 is 1.38 bits per heavy atom.